The highest BCUT2D eigenvalue weighted by Crippen LogP contribution is 2.40. The molecule has 1 nitrogen and oxygen atoms in total. The summed E-state index contributed by atoms with van der Waals surface area (Å²) >= 11 is 2.11. The highest BCUT2D eigenvalue weighted by Gasteiger charge is 2.34. The Morgan fingerprint density at radius 1 is 1.12 bits per heavy atom. The fourth-order valence-corrected chi connectivity index (χ4v) is 4.51. The molecule has 2 fully saturated rings. The standard InChI is InChI=1S/C15H29NS/c1-14(2)10-7-13(11-14)16-12-15(17-3)8-5-4-6-9-15/h13,16H,4-12H2,1-3H3. The summed E-state index contributed by atoms with van der Waals surface area (Å²) < 4.78 is 0.560. The van der Waals surface area contributed by atoms with Gasteiger partial charge in [-0.3, -0.25) is 0 Å². The van der Waals surface area contributed by atoms with E-state index < -0.39 is 0 Å². The highest BCUT2D eigenvalue weighted by molar-refractivity contribution is 8.00. The molecule has 2 rings (SSSR count). The first kappa shape index (κ1) is 13.7. The Morgan fingerprint density at radius 3 is 2.35 bits per heavy atom. The van der Waals surface area contributed by atoms with Gasteiger partial charge in [0.25, 0.3) is 0 Å². The molecule has 0 saturated heterocycles. The van der Waals surface area contributed by atoms with Gasteiger partial charge in [-0.25, -0.2) is 0 Å². The molecule has 0 aliphatic heterocycles. The van der Waals surface area contributed by atoms with E-state index in [0.29, 0.717) is 10.2 Å². The second kappa shape index (κ2) is 5.52. The van der Waals surface area contributed by atoms with Crippen molar-refractivity contribution in [2.45, 2.75) is 76.0 Å². The van der Waals surface area contributed by atoms with Crippen LogP contribution >= 0.6 is 11.8 Å². The van der Waals surface area contributed by atoms with E-state index in [1.54, 1.807) is 0 Å². The Morgan fingerprint density at radius 2 is 1.82 bits per heavy atom. The van der Waals surface area contributed by atoms with Gasteiger partial charge in [0.2, 0.25) is 0 Å². The number of rotatable bonds is 4. The van der Waals surface area contributed by atoms with Crippen molar-refractivity contribution in [2.75, 3.05) is 12.8 Å². The van der Waals surface area contributed by atoms with Crippen molar-refractivity contribution in [3.63, 3.8) is 0 Å². The van der Waals surface area contributed by atoms with Crippen molar-refractivity contribution >= 4 is 11.8 Å². The van der Waals surface area contributed by atoms with Crippen LogP contribution in [-0.2, 0) is 0 Å². The van der Waals surface area contributed by atoms with Crippen LogP contribution in [0.1, 0.15) is 65.2 Å². The molecular formula is C15H29NS. The SMILES string of the molecule is CSC1(CNC2CCC(C)(C)C2)CCCCC1. The molecule has 0 aromatic heterocycles. The second-order valence-electron chi connectivity index (χ2n) is 6.93. The summed E-state index contributed by atoms with van der Waals surface area (Å²) in [4.78, 5) is 0. The molecule has 0 bridgehead atoms. The molecule has 0 aromatic rings. The molecule has 0 radical (unpaired) electrons. The zero-order valence-electron chi connectivity index (χ0n) is 11.8. The van der Waals surface area contributed by atoms with E-state index in [4.69, 9.17) is 0 Å². The molecule has 0 aromatic carbocycles. The lowest BCUT2D eigenvalue weighted by Gasteiger charge is -2.37. The molecule has 17 heavy (non-hydrogen) atoms. The summed E-state index contributed by atoms with van der Waals surface area (Å²) in [7, 11) is 0. The Labute approximate surface area is 112 Å². The van der Waals surface area contributed by atoms with E-state index in [1.165, 1.54) is 57.9 Å². The molecule has 2 aliphatic rings. The smallest absolute Gasteiger partial charge is 0.0281 e. The first-order valence-electron chi connectivity index (χ1n) is 7.34. The van der Waals surface area contributed by atoms with Gasteiger partial charge < -0.3 is 5.32 Å². The molecule has 2 aliphatic carbocycles. The van der Waals surface area contributed by atoms with Gasteiger partial charge in [-0.05, 0) is 43.8 Å². The minimum Gasteiger partial charge on any atom is -0.313 e. The van der Waals surface area contributed by atoms with Gasteiger partial charge in [0, 0.05) is 17.3 Å². The summed E-state index contributed by atoms with van der Waals surface area (Å²) in [6, 6.07) is 0.788. The monoisotopic (exact) mass is 255 g/mol. The third kappa shape index (κ3) is 3.64. The van der Waals surface area contributed by atoms with Gasteiger partial charge in [0.1, 0.15) is 0 Å². The third-order valence-electron chi connectivity index (χ3n) is 4.88. The lowest BCUT2D eigenvalue weighted by Crippen LogP contribution is -2.43. The van der Waals surface area contributed by atoms with Crippen molar-refractivity contribution in [3.05, 3.63) is 0 Å². The summed E-state index contributed by atoms with van der Waals surface area (Å²) in [6.07, 6.45) is 13.7. The van der Waals surface area contributed by atoms with Crippen LogP contribution in [0.5, 0.6) is 0 Å². The molecule has 0 spiro atoms. The maximum absolute atomic E-state index is 3.88. The van der Waals surface area contributed by atoms with E-state index in [1.807, 2.05) is 0 Å². The van der Waals surface area contributed by atoms with Gasteiger partial charge in [-0.1, -0.05) is 33.1 Å². The molecular weight excluding hydrogens is 226 g/mol. The van der Waals surface area contributed by atoms with Crippen molar-refractivity contribution in [3.8, 4) is 0 Å². The molecule has 1 atom stereocenters. The zero-order chi connectivity index (χ0) is 12.4. The first-order chi connectivity index (χ1) is 8.05. The third-order valence-corrected chi connectivity index (χ3v) is 6.30. The first-order valence-corrected chi connectivity index (χ1v) is 8.56. The normalized spacial score (nSPS) is 31.6. The van der Waals surface area contributed by atoms with Gasteiger partial charge >= 0.3 is 0 Å². The van der Waals surface area contributed by atoms with Crippen molar-refractivity contribution < 1.29 is 0 Å². The highest BCUT2D eigenvalue weighted by atomic mass is 32.2. The second-order valence-corrected chi connectivity index (χ2v) is 8.21. The van der Waals surface area contributed by atoms with E-state index in [-0.39, 0.29) is 0 Å². The van der Waals surface area contributed by atoms with E-state index >= 15 is 0 Å². The molecule has 0 amide bonds. The molecule has 2 heteroatoms. The van der Waals surface area contributed by atoms with Crippen molar-refractivity contribution in [2.24, 2.45) is 5.41 Å². The zero-order valence-corrected chi connectivity index (χ0v) is 12.7. The summed E-state index contributed by atoms with van der Waals surface area (Å²) in [5.41, 5.74) is 0.580. The van der Waals surface area contributed by atoms with Crippen LogP contribution in [0.15, 0.2) is 0 Å². The predicted molar refractivity (Wildman–Crippen MR) is 78.8 cm³/mol. The van der Waals surface area contributed by atoms with Crippen LogP contribution in [0.25, 0.3) is 0 Å². The van der Waals surface area contributed by atoms with Gasteiger partial charge in [-0.15, -0.1) is 0 Å². The van der Waals surface area contributed by atoms with Gasteiger partial charge in [-0.2, -0.15) is 11.8 Å². The Bertz CT molecular complexity index is 243. The maximum atomic E-state index is 3.88. The summed E-state index contributed by atoms with van der Waals surface area (Å²) in [5.74, 6) is 0. The van der Waals surface area contributed by atoms with E-state index in [2.05, 4.69) is 37.2 Å². The predicted octanol–water partition coefficient (Wildman–Crippen LogP) is 4.22. The largest absolute Gasteiger partial charge is 0.313 e. The number of hydrogen-bond acceptors (Lipinski definition) is 2. The topological polar surface area (TPSA) is 12.0 Å². The van der Waals surface area contributed by atoms with Crippen LogP contribution in [0, 0.1) is 5.41 Å². The Kier molecular flexibility index (Phi) is 4.46. The Hall–Kier alpha value is 0.310. The molecule has 2 saturated carbocycles. The van der Waals surface area contributed by atoms with E-state index in [9.17, 15) is 0 Å². The molecule has 1 N–H and O–H groups in total. The minimum absolute atomic E-state index is 0.560. The maximum Gasteiger partial charge on any atom is 0.0281 e. The number of thioether (sulfide) groups is 1. The van der Waals surface area contributed by atoms with Crippen LogP contribution in [0.3, 0.4) is 0 Å². The van der Waals surface area contributed by atoms with Crippen LogP contribution in [-0.4, -0.2) is 23.6 Å². The lowest BCUT2D eigenvalue weighted by atomic mass is 9.88. The molecule has 100 valence electrons. The quantitative estimate of drug-likeness (QED) is 0.807. The summed E-state index contributed by atoms with van der Waals surface area (Å²) in [6.45, 7) is 6.08. The Balaban J connectivity index is 1.80. The average Bonchev–Trinajstić information content (AvgIpc) is 2.68. The van der Waals surface area contributed by atoms with Crippen LogP contribution < -0.4 is 5.32 Å². The lowest BCUT2D eigenvalue weighted by molar-refractivity contribution is 0.338. The number of nitrogens with one attached hydrogen (secondary N) is 1. The molecule has 0 heterocycles. The van der Waals surface area contributed by atoms with Crippen LogP contribution in [0.2, 0.25) is 0 Å². The fraction of sp³-hybridized carbons (Fsp3) is 1.00. The van der Waals surface area contributed by atoms with Gasteiger partial charge in [0.15, 0.2) is 0 Å². The van der Waals surface area contributed by atoms with Crippen molar-refractivity contribution in [1.82, 2.24) is 5.32 Å². The molecule has 1 unspecified atom stereocenters. The minimum atomic E-state index is 0.560. The number of hydrogen-bond donors (Lipinski definition) is 1. The van der Waals surface area contributed by atoms with Gasteiger partial charge in [0.05, 0.1) is 0 Å². The van der Waals surface area contributed by atoms with E-state index in [0.717, 1.165) is 6.04 Å². The van der Waals surface area contributed by atoms with Crippen LogP contribution in [0.4, 0.5) is 0 Å². The van der Waals surface area contributed by atoms with Crippen molar-refractivity contribution in [1.29, 1.82) is 0 Å². The fourth-order valence-electron chi connectivity index (χ4n) is 3.59. The summed E-state index contributed by atoms with van der Waals surface area (Å²) in [5, 5.41) is 3.88. The average molecular weight is 255 g/mol.